The minimum Gasteiger partial charge on any atom is -0.495 e. The molecule has 1 saturated heterocycles. The molecule has 7 heteroatoms. The van der Waals surface area contributed by atoms with Crippen LogP contribution >= 0.6 is 0 Å². The Morgan fingerprint density at radius 3 is 2.48 bits per heavy atom. The highest BCUT2D eigenvalue weighted by Gasteiger charge is 2.24. The number of ether oxygens (including phenoxy) is 1. The van der Waals surface area contributed by atoms with Gasteiger partial charge in [0.05, 0.1) is 29.3 Å². The molecule has 1 aliphatic heterocycles. The van der Waals surface area contributed by atoms with E-state index >= 15 is 0 Å². The van der Waals surface area contributed by atoms with Crippen LogP contribution in [0.25, 0.3) is 16.6 Å². The molecule has 0 radical (unpaired) electrons. The van der Waals surface area contributed by atoms with Gasteiger partial charge in [-0.1, -0.05) is 24.3 Å². The molecule has 7 nitrogen and oxygen atoms in total. The third-order valence-electron chi connectivity index (χ3n) is 5.75. The van der Waals surface area contributed by atoms with Crippen molar-refractivity contribution in [1.29, 1.82) is 0 Å². The van der Waals surface area contributed by atoms with Crippen molar-refractivity contribution in [3.63, 3.8) is 0 Å². The van der Waals surface area contributed by atoms with Crippen LogP contribution in [-0.2, 0) is 0 Å². The number of hydrogen-bond acceptors (Lipinski definition) is 5. The molecule has 0 aliphatic carbocycles. The molecular formula is C24H22N4O3. The van der Waals surface area contributed by atoms with Gasteiger partial charge in [-0.25, -0.2) is 4.98 Å². The van der Waals surface area contributed by atoms with E-state index in [9.17, 15) is 9.59 Å². The quantitative estimate of drug-likeness (QED) is 0.483. The second kappa shape index (κ2) is 7.75. The SMILES string of the molecule is COc1ccccc1N1CCN(C(=O)c2ccc3nc4ccccc4c(=O)n3c2)CC1. The van der Waals surface area contributed by atoms with Gasteiger partial charge in [0, 0.05) is 32.4 Å². The largest absolute Gasteiger partial charge is 0.495 e. The van der Waals surface area contributed by atoms with Crippen molar-refractivity contribution in [3.8, 4) is 5.75 Å². The fourth-order valence-corrected chi connectivity index (χ4v) is 4.10. The summed E-state index contributed by atoms with van der Waals surface area (Å²) in [5.74, 6) is 0.748. The normalized spacial score (nSPS) is 14.2. The second-order valence-electron chi connectivity index (χ2n) is 7.53. The number of amides is 1. The molecule has 31 heavy (non-hydrogen) atoms. The highest BCUT2D eigenvalue weighted by atomic mass is 16.5. The first-order valence-electron chi connectivity index (χ1n) is 10.2. The van der Waals surface area contributed by atoms with Crippen LogP contribution in [0.2, 0.25) is 0 Å². The summed E-state index contributed by atoms with van der Waals surface area (Å²) in [6.45, 7) is 2.62. The molecule has 1 fully saturated rings. The lowest BCUT2D eigenvalue weighted by Crippen LogP contribution is -2.49. The Morgan fingerprint density at radius 2 is 1.68 bits per heavy atom. The Morgan fingerprint density at radius 1 is 0.935 bits per heavy atom. The number of carbonyl (C=O) groups excluding carboxylic acids is 1. The molecule has 0 saturated carbocycles. The predicted molar refractivity (Wildman–Crippen MR) is 120 cm³/mol. The lowest BCUT2D eigenvalue weighted by Gasteiger charge is -2.36. The molecule has 156 valence electrons. The topological polar surface area (TPSA) is 67.2 Å². The number of carbonyl (C=O) groups is 1. The van der Waals surface area contributed by atoms with Crippen molar-refractivity contribution in [2.24, 2.45) is 0 Å². The van der Waals surface area contributed by atoms with Crippen molar-refractivity contribution in [3.05, 3.63) is 82.8 Å². The first-order chi connectivity index (χ1) is 15.2. The third-order valence-corrected chi connectivity index (χ3v) is 5.75. The zero-order valence-electron chi connectivity index (χ0n) is 17.2. The maximum Gasteiger partial charge on any atom is 0.265 e. The van der Waals surface area contributed by atoms with Crippen molar-refractivity contribution in [2.75, 3.05) is 38.2 Å². The molecule has 2 aromatic heterocycles. The highest BCUT2D eigenvalue weighted by molar-refractivity contribution is 5.94. The summed E-state index contributed by atoms with van der Waals surface area (Å²) in [6.07, 6.45) is 1.60. The number of piperazine rings is 1. The Kier molecular flexibility index (Phi) is 4.78. The van der Waals surface area contributed by atoms with Crippen molar-refractivity contribution >= 4 is 28.1 Å². The van der Waals surface area contributed by atoms with Crippen LogP contribution in [0, 0.1) is 0 Å². The smallest absolute Gasteiger partial charge is 0.265 e. The molecule has 0 unspecified atom stereocenters. The number of nitrogens with zero attached hydrogens (tertiary/aromatic N) is 4. The van der Waals surface area contributed by atoms with Gasteiger partial charge in [-0.15, -0.1) is 0 Å². The molecule has 4 aromatic rings. The van der Waals surface area contributed by atoms with Gasteiger partial charge in [0.25, 0.3) is 11.5 Å². The minimum absolute atomic E-state index is 0.0818. The summed E-state index contributed by atoms with van der Waals surface area (Å²) in [5.41, 5.74) is 2.53. The lowest BCUT2D eigenvalue weighted by atomic mass is 10.2. The number of benzene rings is 2. The Balaban J connectivity index is 1.39. The van der Waals surface area contributed by atoms with Gasteiger partial charge in [0.2, 0.25) is 0 Å². The molecule has 3 heterocycles. The highest BCUT2D eigenvalue weighted by Crippen LogP contribution is 2.28. The van der Waals surface area contributed by atoms with E-state index in [1.54, 1.807) is 31.5 Å². The van der Waals surface area contributed by atoms with Gasteiger partial charge in [-0.2, -0.15) is 0 Å². The fourth-order valence-electron chi connectivity index (χ4n) is 4.10. The summed E-state index contributed by atoms with van der Waals surface area (Å²) in [4.78, 5) is 34.6. The van der Waals surface area contributed by atoms with Crippen molar-refractivity contribution in [2.45, 2.75) is 0 Å². The van der Waals surface area contributed by atoms with Gasteiger partial charge in [-0.05, 0) is 36.4 Å². The Labute approximate surface area is 179 Å². The van der Waals surface area contributed by atoms with Gasteiger partial charge in [0.15, 0.2) is 0 Å². The predicted octanol–water partition coefficient (Wildman–Crippen LogP) is 2.82. The van der Waals surface area contributed by atoms with E-state index in [-0.39, 0.29) is 11.5 Å². The molecule has 1 aliphatic rings. The van der Waals surface area contributed by atoms with Gasteiger partial charge >= 0.3 is 0 Å². The molecule has 0 atom stereocenters. The minimum atomic E-state index is -0.170. The molecule has 5 rings (SSSR count). The average molecular weight is 414 g/mol. The maximum absolute atomic E-state index is 13.1. The Hall–Kier alpha value is -3.87. The summed E-state index contributed by atoms with van der Waals surface area (Å²) < 4.78 is 6.92. The summed E-state index contributed by atoms with van der Waals surface area (Å²) >= 11 is 0. The molecular weight excluding hydrogens is 392 g/mol. The van der Waals surface area contributed by atoms with Crippen LogP contribution in [-0.4, -0.2) is 53.5 Å². The van der Waals surface area contributed by atoms with Crippen LogP contribution in [0.4, 0.5) is 5.69 Å². The number of para-hydroxylation sites is 3. The van der Waals surface area contributed by atoms with Crippen LogP contribution < -0.4 is 15.2 Å². The second-order valence-corrected chi connectivity index (χ2v) is 7.53. The fraction of sp³-hybridized carbons (Fsp3) is 0.208. The zero-order valence-corrected chi connectivity index (χ0v) is 17.2. The van der Waals surface area contributed by atoms with E-state index < -0.39 is 0 Å². The van der Waals surface area contributed by atoms with Crippen LogP contribution in [0.1, 0.15) is 10.4 Å². The van der Waals surface area contributed by atoms with Crippen molar-refractivity contribution < 1.29 is 9.53 Å². The van der Waals surface area contributed by atoms with Crippen LogP contribution in [0.5, 0.6) is 5.75 Å². The van der Waals surface area contributed by atoms with E-state index in [1.165, 1.54) is 4.40 Å². The molecule has 0 bridgehead atoms. The van der Waals surface area contributed by atoms with Gasteiger partial charge in [-0.3, -0.25) is 14.0 Å². The van der Waals surface area contributed by atoms with Gasteiger partial charge < -0.3 is 14.5 Å². The summed E-state index contributed by atoms with van der Waals surface area (Å²) in [7, 11) is 1.67. The van der Waals surface area contributed by atoms with Gasteiger partial charge in [0.1, 0.15) is 11.4 Å². The molecule has 2 aromatic carbocycles. The number of pyridine rings is 1. The number of hydrogen-bond donors (Lipinski definition) is 0. The summed E-state index contributed by atoms with van der Waals surface area (Å²) in [6, 6.07) is 18.6. The van der Waals surface area contributed by atoms with E-state index in [0.717, 1.165) is 11.4 Å². The first kappa shape index (κ1) is 19.1. The number of aromatic nitrogens is 2. The number of rotatable bonds is 3. The number of fused-ring (bicyclic) bond motifs is 2. The van der Waals surface area contributed by atoms with Crippen LogP contribution in [0.15, 0.2) is 71.7 Å². The van der Waals surface area contributed by atoms with Crippen molar-refractivity contribution in [1.82, 2.24) is 14.3 Å². The molecule has 0 N–H and O–H groups in total. The molecule has 1 amide bonds. The monoisotopic (exact) mass is 414 g/mol. The molecule has 0 spiro atoms. The van der Waals surface area contributed by atoms with E-state index in [0.29, 0.717) is 48.3 Å². The average Bonchev–Trinajstić information content (AvgIpc) is 2.84. The first-order valence-corrected chi connectivity index (χ1v) is 10.2. The van der Waals surface area contributed by atoms with E-state index in [2.05, 4.69) is 9.88 Å². The maximum atomic E-state index is 13.1. The van der Waals surface area contributed by atoms with E-state index in [1.807, 2.05) is 47.4 Å². The lowest BCUT2D eigenvalue weighted by molar-refractivity contribution is 0.0746. The summed E-state index contributed by atoms with van der Waals surface area (Å²) in [5, 5.41) is 0.537. The number of anilines is 1. The Bertz CT molecular complexity index is 1340. The number of methoxy groups -OCH3 is 1. The van der Waals surface area contributed by atoms with Crippen LogP contribution in [0.3, 0.4) is 0 Å². The zero-order chi connectivity index (χ0) is 21.4. The third kappa shape index (κ3) is 3.38. The standard InChI is InChI=1S/C24H22N4O3/c1-31-21-9-5-4-8-20(21)26-12-14-27(15-13-26)23(29)17-10-11-22-25-19-7-3-2-6-18(19)24(30)28(22)16-17/h2-11,16H,12-15H2,1H3. The van der Waals surface area contributed by atoms with E-state index in [4.69, 9.17) is 4.74 Å².